The molecule has 0 aliphatic carbocycles. The van der Waals surface area contributed by atoms with Gasteiger partial charge in [-0.2, -0.15) is 0 Å². The zero-order valence-electron chi connectivity index (χ0n) is 12.4. The summed E-state index contributed by atoms with van der Waals surface area (Å²) in [5, 5.41) is 15.8. The minimum atomic E-state index is -0.281. The lowest BCUT2D eigenvalue weighted by atomic mass is 10.0. The van der Waals surface area contributed by atoms with Crippen molar-refractivity contribution in [3.8, 4) is 0 Å². The minimum Gasteiger partial charge on any atom is -0.395 e. The molecule has 1 aromatic carbocycles. The van der Waals surface area contributed by atoms with Gasteiger partial charge in [0.1, 0.15) is 0 Å². The molecule has 4 nitrogen and oxygen atoms in total. The van der Waals surface area contributed by atoms with Crippen LogP contribution in [0.4, 0.5) is 5.69 Å². The molecule has 0 aromatic heterocycles. The number of rotatable bonds is 6. The number of aliphatic hydroxyl groups excluding tert-OH is 1. The lowest BCUT2D eigenvalue weighted by Crippen LogP contribution is -2.43. The van der Waals surface area contributed by atoms with Crippen LogP contribution in [0, 0.1) is 0 Å². The Balaban J connectivity index is 2.08. The van der Waals surface area contributed by atoms with Gasteiger partial charge in [-0.05, 0) is 50.5 Å². The van der Waals surface area contributed by atoms with Gasteiger partial charge in [-0.1, -0.05) is 6.92 Å². The maximum absolute atomic E-state index is 12.4. The summed E-state index contributed by atoms with van der Waals surface area (Å²) >= 11 is 0. The first kappa shape index (κ1) is 15.0. The molecule has 1 heterocycles. The fraction of sp³-hybridized carbons (Fsp3) is 0.562. The van der Waals surface area contributed by atoms with Gasteiger partial charge in [0, 0.05) is 23.3 Å². The number of hydrogen-bond acceptors (Lipinski definition) is 4. The van der Waals surface area contributed by atoms with Crippen molar-refractivity contribution < 1.29 is 9.90 Å². The van der Waals surface area contributed by atoms with E-state index in [1.54, 1.807) is 0 Å². The van der Waals surface area contributed by atoms with Gasteiger partial charge >= 0.3 is 0 Å². The normalized spacial score (nSPS) is 20.1. The fourth-order valence-corrected chi connectivity index (χ4v) is 2.68. The Labute approximate surface area is 120 Å². The van der Waals surface area contributed by atoms with E-state index in [1.165, 1.54) is 5.56 Å². The molecule has 0 fully saturated rings. The van der Waals surface area contributed by atoms with Crippen molar-refractivity contribution in [3.63, 3.8) is 0 Å². The summed E-state index contributed by atoms with van der Waals surface area (Å²) in [5.74, 6) is 0.0826. The summed E-state index contributed by atoms with van der Waals surface area (Å²) in [6.07, 6.45) is 1.77. The van der Waals surface area contributed by atoms with Gasteiger partial charge in [0.15, 0.2) is 5.78 Å². The first-order valence-corrected chi connectivity index (χ1v) is 7.35. The highest BCUT2D eigenvalue weighted by Gasteiger charge is 2.21. The summed E-state index contributed by atoms with van der Waals surface area (Å²) in [7, 11) is 0. The second kappa shape index (κ2) is 6.37. The zero-order chi connectivity index (χ0) is 14.7. The third-order valence-corrected chi connectivity index (χ3v) is 3.91. The molecule has 0 radical (unpaired) electrons. The van der Waals surface area contributed by atoms with Gasteiger partial charge in [-0.15, -0.1) is 0 Å². The lowest BCUT2D eigenvalue weighted by Gasteiger charge is -2.19. The lowest BCUT2D eigenvalue weighted by molar-refractivity contribution is 0.0935. The maximum atomic E-state index is 12.4. The molecule has 1 aromatic rings. The molecule has 3 unspecified atom stereocenters. The van der Waals surface area contributed by atoms with Gasteiger partial charge in [-0.25, -0.2) is 0 Å². The van der Waals surface area contributed by atoms with Gasteiger partial charge < -0.3 is 15.7 Å². The van der Waals surface area contributed by atoms with E-state index in [0.717, 1.165) is 24.1 Å². The summed E-state index contributed by atoms with van der Waals surface area (Å²) in [6, 6.07) is 5.99. The van der Waals surface area contributed by atoms with Crippen LogP contribution in [0.3, 0.4) is 0 Å². The van der Waals surface area contributed by atoms with Crippen molar-refractivity contribution in [2.45, 2.75) is 51.7 Å². The summed E-state index contributed by atoms with van der Waals surface area (Å²) in [4.78, 5) is 12.4. The highest BCUT2D eigenvalue weighted by Crippen LogP contribution is 2.26. The largest absolute Gasteiger partial charge is 0.395 e. The molecule has 20 heavy (non-hydrogen) atoms. The SMILES string of the molecule is CCC(CO)NC(C)C(=O)c1ccc2c(c1)CC(C)N2. The Morgan fingerprint density at radius 1 is 1.55 bits per heavy atom. The summed E-state index contributed by atoms with van der Waals surface area (Å²) < 4.78 is 0. The molecule has 0 bridgehead atoms. The number of ketones is 1. The van der Waals surface area contributed by atoms with Crippen molar-refractivity contribution >= 4 is 11.5 Å². The molecule has 2 rings (SSSR count). The Morgan fingerprint density at radius 2 is 2.30 bits per heavy atom. The van der Waals surface area contributed by atoms with E-state index in [0.29, 0.717) is 6.04 Å². The number of fused-ring (bicyclic) bond motifs is 1. The molecular formula is C16H24N2O2. The van der Waals surface area contributed by atoms with E-state index in [4.69, 9.17) is 0 Å². The van der Waals surface area contributed by atoms with Crippen molar-refractivity contribution in [1.29, 1.82) is 0 Å². The number of hydrogen-bond donors (Lipinski definition) is 3. The standard InChI is InChI=1S/C16H24N2O2/c1-4-14(9-19)18-11(3)16(20)12-5-6-15-13(8-12)7-10(2)17-15/h5-6,8,10-11,14,17-19H,4,7,9H2,1-3H3. The van der Waals surface area contributed by atoms with Gasteiger partial charge in [-0.3, -0.25) is 4.79 Å². The number of carbonyl (C=O) groups is 1. The van der Waals surface area contributed by atoms with Crippen LogP contribution < -0.4 is 10.6 Å². The van der Waals surface area contributed by atoms with Crippen LogP contribution >= 0.6 is 0 Å². The van der Waals surface area contributed by atoms with Crippen molar-refractivity contribution in [2.24, 2.45) is 0 Å². The van der Waals surface area contributed by atoms with E-state index in [1.807, 2.05) is 32.0 Å². The molecule has 0 spiro atoms. The number of benzene rings is 1. The number of aliphatic hydroxyl groups is 1. The predicted molar refractivity (Wildman–Crippen MR) is 81.3 cm³/mol. The molecule has 0 amide bonds. The first-order chi connectivity index (χ1) is 9.55. The van der Waals surface area contributed by atoms with Crippen LogP contribution in [0.5, 0.6) is 0 Å². The van der Waals surface area contributed by atoms with Gasteiger partial charge in [0.25, 0.3) is 0 Å². The quantitative estimate of drug-likeness (QED) is 0.695. The van der Waals surface area contributed by atoms with E-state index in [9.17, 15) is 9.90 Å². The van der Waals surface area contributed by atoms with Crippen LogP contribution in [-0.4, -0.2) is 35.6 Å². The van der Waals surface area contributed by atoms with E-state index < -0.39 is 0 Å². The van der Waals surface area contributed by atoms with E-state index >= 15 is 0 Å². The van der Waals surface area contributed by atoms with Crippen LogP contribution in [0.15, 0.2) is 18.2 Å². The van der Waals surface area contributed by atoms with Crippen molar-refractivity contribution in [1.82, 2.24) is 5.32 Å². The molecule has 110 valence electrons. The molecule has 4 heteroatoms. The Hall–Kier alpha value is -1.39. The molecule has 3 N–H and O–H groups in total. The average molecular weight is 276 g/mol. The van der Waals surface area contributed by atoms with E-state index in [-0.39, 0.29) is 24.5 Å². The predicted octanol–water partition coefficient (Wildman–Crippen LogP) is 1.97. The van der Waals surface area contributed by atoms with Crippen LogP contribution in [0.1, 0.15) is 43.1 Å². The summed E-state index contributed by atoms with van der Waals surface area (Å²) in [6.45, 7) is 6.04. The van der Waals surface area contributed by atoms with Crippen molar-refractivity contribution in [3.05, 3.63) is 29.3 Å². The number of anilines is 1. The Morgan fingerprint density at radius 3 is 2.95 bits per heavy atom. The fourth-order valence-electron chi connectivity index (χ4n) is 2.68. The summed E-state index contributed by atoms with van der Waals surface area (Å²) in [5.41, 5.74) is 3.09. The smallest absolute Gasteiger partial charge is 0.179 e. The third-order valence-electron chi connectivity index (χ3n) is 3.91. The topological polar surface area (TPSA) is 61.4 Å². The van der Waals surface area contributed by atoms with Gasteiger partial charge in [0.2, 0.25) is 0 Å². The second-order valence-corrected chi connectivity index (χ2v) is 5.66. The zero-order valence-corrected chi connectivity index (χ0v) is 12.4. The number of nitrogens with one attached hydrogen (secondary N) is 2. The maximum Gasteiger partial charge on any atom is 0.179 e. The Bertz CT molecular complexity index is 483. The first-order valence-electron chi connectivity index (χ1n) is 7.35. The van der Waals surface area contributed by atoms with Crippen LogP contribution in [-0.2, 0) is 6.42 Å². The molecule has 0 saturated carbocycles. The molecule has 0 saturated heterocycles. The monoisotopic (exact) mass is 276 g/mol. The van der Waals surface area contributed by atoms with Crippen molar-refractivity contribution in [2.75, 3.05) is 11.9 Å². The minimum absolute atomic E-state index is 0.0231. The molecule has 1 aliphatic rings. The highest BCUT2D eigenvalue weighted by molar-refractivity contribution is 6.00. The molecule has 3 atom stereocenters. The average Bonchev–Trinajstić information content (AvgIpc) is 2.82. The third kappa shape index (κ3) is 3.19. The highest BCUT2D eigenvalue weighted by atomic mass is 16.3. The van der Waals surface area contributed by atoms with E-state index in [2.05, 4.69) is 17.6 Å². The van der Waals surface area contributed by atoms with Crippen LogP contribution in [0.25, 0.3) is 0 Å². The number of Topliss-reactive ketones (excluding diaryl/α,β-unsaturated/α-hetero) is 1. The molecular weight excluding hydrogens is 252 g/mol. The van der Waals surface area contributed by atoms with Gasteiger partial charge in [0.05, 0.1) is 12.6 Å². The molecule has 1 aliphatic heterocycles. The Kier molecular flexibility index (Phi) is 4.78. The number of carbonyl (C=O) groups excluding carboxylic acids is 1. The second-order valence-electron chi connectivity index (χ2n) is 5.66. The van der Waals surface area contributed by atoms with Crippen LogP contribution in [0.2, 0.25) is 0 Å².